The van der Waals surface area contributed by atoms with Crippen LogP contribution >= 0.6 is 0 Å². The van der Waals surface area contributed by atoms with Crippen molar-refractivity contribution in [3.63, 3.8) is 0 Å². The van der Waals surface area contributed by atoms with Crippen molar-refractivity contribution >= 4 is 65.0 Å². The Morgan fingerprint density at radius 1 is 0.402 bits per heavy atom. The highest BCUT2D eigenvalue weighted by Crippen LogP contribution is 2.22. The maximum Gasteiger partial charge on any atom is 0.335 e. The average molecular weight is 1170 g/mol. The first-order chi connectivity index (χ1) is 39.2. The van der Waals surface area contributed by atoms with Gasteiger partial charge in [0.2, 0.25) is 20.0 Å². The normalized spacial score (nSPS) is 11.1. The summed E-state index contributed by atoms with van der Waals surface area (Å²) in [4.78, 5) is 32.8. The fourth-order valence-corrected chi connectivity index (χ4v) is 11.7. The largest absolute Gasteiger partial charge is 0.497 e. The zero-order valence-corrected chi connectivity index (χ0v) is 47.7. The van der Waals surface area contributed by atoms with E-state index in [1.807, 2.05) is 67.6 Å². The molecule has 0 aliphatic rings. The van der Waals surface area contributed by atoms with Crippen LogP contribution in [0.15, 0.2) is 205 Å². The maximum absolute atomic E-state index is 12.6. The lowest BCUT2D eigenvalue weighted by Gasteiger charge is -2.10. The minimum atomic E-state index is -3.70. The van der Waals surface area contributed by atoms with E-state index in [-0.39, 0.29) is 33.1 Å². The zero-order chi connectivity index (χ0) is 59.1. The number of hydrogen-bond acceptors (Lipinski definition) is 10. The first kappa shape index (κ1) is 62.4. The summed E-state index contributed by atoms with van der Waals surface area (Å²) in [5, 5.41) is 26.8. The number of hydrogen-bond donors (Lipinski definition) is 6. The third-order valence-corrected chi connectivity index (χ3v) is 16.7. The molecular weight excluding hydrogens is 1100 g/mol. The Balaban J connectivity index is 0.000000198. The molecule has 0 heterocycles. The van der Waals surface area contributed by atoms with Crippen molar-refractivity contribution in [3.8, 4) is 5.75 Å². The summed E-state index contributed by atoms with van der Waals surface area (Å²) in [6, 6.07) is 57.5. The highest BCUT2D eigenvalue weighted by molar-refractivity contribution is 7.93. The Kier molecular flexibility index (Phi) is 23.0. The first-order valence-corrected chi connectivity index (χ1v) is 30.9. The van der Waals surface area contributed by atoms with E-state index >= 15 is 0 Å². The molecule has 0 saturated carbocycles. The number of unbranched alkanes of at least 4 members (excludes halogenated alkanes) is 1. The Morgan fingerprint density at radius 3 is 1.12 bits per heavy atom. The van der Waals surface area contributed by atoms with Crippen LogP contribution in [-0.2, 0) is 74.3 Å². The Morgan fingerprint density at radius 2 is 0.756 bits per heavy atom. The molecule has 0 aliphatic carbocycles. The second kappa shape index (κ2) is 30.2. The highest BCUT2D eigenvalue weighted by Gasteiger charge is 2.16. The third-order valence-electron chi connectivity index (χ3n) is 12.6. The van der Waals surface area contributed by atoms with Crippen molar-refractivity contribution in [2.75, 3.05) is 27.0 Å². The summed E-state index contributed by atoms with van der Waals surface area (Å²) in [7, 11) is -8.96. The van der Waals surface area contributed by atoms with E-state index in [2.05, 4.69) is 14.2 Å². The number of carboxylic acid groups (broad SMARTS) is 3. The number of carbonyl (C=O) groups is 3. The van der Waals surface area contributed by atoms with Crippen LogP contribution in [0.4, 0.5) is 17.1 Å². The number of methoxy groups -OCH3 is 1. The average Bonchev–Trinajstić information content (AvgIpc) is 3.46. The third kappa shape index (κ3) is 21.0. The van der Waals surface area contributed by atoms with Crippen molar-refractivity contribution < 1.29 is 59.7 Å². The molecule has 8 aromatic rings. The lowest BCUT2D eigenvalue weighted by atomic mass is 10.0. The van der Waals surface area contributed by atoms with Gasteiger partial charge in [0, 0.05) is 17.1 Å². The topological polar surface area (TPSA) is 260 Å². The molecule has 82 heavy (non-hydrogen) atoms. The van der Waals surface area contributed by atoms with Crippen LogP contribution in [0.5, 0.6) is 5.75 Å². The number of benzene rings is 8. The zero-order valence-electron chi connectivity index (χ0n) is 45.3. The second-order valence-corrected chi connectivity index (χ2v) is 24.3. The quantitative estimate of drug-likeness (QED) is 0.0311. The number of ether oxygens (including phenoxy) is 1. The van der Waals surface area contributed by atoms with E-state index in [9.17, 15) is 39.6 Å². The van der Waals surface area contributed by atoms with Gasteiger partial charge in [-0.1, -0.05) is 116 Å². The monoisotopic (exact) mass is 1170 g/mol. The van der Waals surface area contributed by atoms with Gasteiger partial charge in [-0.25, -0.2) is 39.6 Å². The molecule has 0 saturated heterocycles. The fourth-order valence-electron chi connectivity index (χ4n) is 8.22. The number of nitrogens with one attached hydrogen (secondary N) is 3. The fraction of sp³-hybridized carbons (Fsp3) is 0.190. The number of carboxylic acids is 3. The first-order valence-electron chi connectivity index (χ1n) is 26.1. The van der Waals surface area contributed by atoms with Gasteiger partial charge in [-0.3, -0.25) is 14.2 Å². The van der Waals surface area contributed by atoms with Crippen LogP contribution in [0.2, 0.25) is 0 Å². The smallest absolute Gasteiger partial charge is 0.335 e. The summed E-state index contributed by atoms with van der Waals surface area (Å²) in [6.45, 7) is 1.96. The number of aromatic carboxylic acids is 3. The van der Waals surface area contributed by atoms with Crippen molar-refractivity contribution in [1.29, 1.82) is 0 Å². The molecule has 428 valence electrons. The summed E-state index contributed by atoms with van der Waals surface area (Å²) in [6.07, 6.45) is 5.85. The molecular formula is C63H65N3O13S3. The standard InChI is InChI=1S/C22H21NO5S.C22H21NO4S.C19H23NO4S/c1-28-20-11-13-21(14-12-20)29(26,27)23-19-4-2-3-17(15-19)6-5-16-7-9-18(10-8-16)22(24)25;24-22(25)20-13-11-17(12-14-20)9-10-18-7-4-8-21(15-18)23-28(26,27)16-19-5-2-1-3-6-19;1-2-3-13-25(23,24)20-18-6-4-5-16(14-18)8-7-15-9-11-17(12-10-15)19(21)22/h2-4,7-15,23H,5-6H2,1H3,(H,24,25);1-8,11-15,23H,9-10,16H2,(H,24,25);4-6,9-12,14,20H,2-3,7-8,13H2,1H3,(H,21,22). The number of rotatable bonds is 25. The summed E-state index contributed by atoms with van der Waals surface area (Å²) in [5.41, 5.74) is 9.20. The number of sulfonamides is 3. The molecule has 0 aromatic heterocycles. The molecule has 6 N–H and O–H groups in total. The van der Waals surface area contributed by atoms with Gasteiger partial charge in [0.15, 0.2) is 0 Å². The maximum atomic E-state index is 12.6. The summed E-state index contributed by atoms with van der Waals surface area (Å²) >= 11 is 0. The molecule has 16 nitrogen and oxygen atoms in total. The van der Waals surface area contributed by atoms with E-state index in [0.29, 0.717) is 42.1 Å². The molecule has 19 heteroatoms. The Labute approximate surface area is 479 Å². The molecule has 0 spiro atoms. The van der Waals surface area contributed by atoms with Gasteiger partial charge in [0.25, 0.3) is 10.0 Å². The van der Waals surface area contributed by atoms with Gasteiger partial charge >= 0.3 is 17.9 Å². The van der Waals surface area contributed by atoms with Crippen LogP contribution in [0.1, 0.15) is 89.8 Å². The highest BCUT2D eigenvalue weighted by atomic mass is 32.2. The van der Waals surface area contributed by atoms with Crippen molar-refractivity contribution in [2.24, 2.45) is 0 Å². The molecule has 0 amide bonds. The minimum absolute atomic E-state index is 0.0754. The van der Waals surface area contributed by atoms with Crippen molar-refractivity contribution in [3.05, 3.63) is 256 Å². The SMILES string of the molecule is CCCCS(=O)(=O)Nc1cccc(CCc2ccc(C(=O)O)cc2)c1.COc1ccc(S(=O)(=O)Nc2cccc(CCc3ccc(C(=O)O)cc3)c2)cc1.O=C(O)c1ccc(CCc2cccc(NS(=O)(=O)Cc3ccccc3)c2)cc1. The molecule has 0 unspecified atom stereocenters. The van der Waals surface area contributed by atoms with Crippen LogP contribution in [0, 0.1) is 0 Å². The van der Waals surface area contributed by atoms with Gasteiger partial charge < -0.3 is 20.1 Å². The van der Waals surface area contributed by atoms with Crippen LogP contribution < -0.4 is 18.9 Å². The summed E-state index contributed by atoms with van der Waals surface area (Å²) in [5.74, 6) is -2.19. The lowest BCUT2D eigenvalue weighted by molar-refractivity contribution is 0.0686. The van der Waals surface area contributed by atoms with E-state index in [4.69, 9.17) is 20.1 Å². The van der Waals surface area contributed by atoms with Crippen LogP contribution in [0.25, 0.3) is 0 Å². The van der Waals surface area contributed by atoms with Gasteiger partial charge in [0.05, 0.1) is 40.2 Å². The van der Waals surface area contributed by atoms with Gasteiger partial charge in [-0.15, -0.1) is 0 Å². The van der Waals surface area contributed by atoms with Crippen molar-refractivity contribution in [1.82, 2.24) is 0 Å². The molecule has 0 aliphatic heterocycles. The molecule has 0 bridgehead atoms. The van der Waals surface area contributed by atoms with E-state index in [0.717, 1.165) is 71.0 Å². The predicted octanol–water partition coefficient (Wildman–Crippen LogP) is 11.8. The molecule has 0 atom stereocenters. The minimum Gasteiger partial charge on any atom is -0.497 e. The van der Waals surface area contributed by atoms with E-state index in [1.54, 1.807) is 127 Å². The number of anilines is 3. The molecule has 8 aromatic carbocycles. The Hall–Kier alpha value is -8.78. The van der Waals surface area contributed by atoms with Crippen LogP contribution in [0.3, 0.4) is 0 Å². The van der Waals surface area contributed by atoms with Gasteiger partial charge in [0.1, 0.15) is 5.75 Å². The Bertz CT molecular complexity index is 3730. The van der Waals surface area contributed by atoms with E-state index in [1.165, 1.54) is 19.2 Å². The lowest BCUT2D eigenvalue weighted by Crippen LogP contribution is -2.16. The molecule has 0 fully saturated rings. The van der Waals surface area contributed by atoms with Crippen molar-refractivity contribution in [2.45, 2.75) is 68.9 Å². The van der Waals surface area contributed by atoms with Gasteiger partial charge in [-0.2, -0.15) is 0 Å². The number of aryl methyl sites for hydroxylation is 6. The second-order valence-electron chi connectivity index (χ2n) is 19.0. The predicted molar refractivity (Wildman–Crippen MR) is 321 cm³/mol. The molecule has 8 rings (SSSR count). The summed E-state index contributed by atoms with van der Waals surface area (Å²) < 4.78 is 86.8. The molecule has 0 radical (unpaired) electrons. The van der Waals surface area contributed by atoms with E-state index < -0.39 is 48.0 Å². The van der Waals surface area contributed by atoms with Crippen LogP contribution in [-0.4, -0.2) is 71.3 Å². The van der Waals surface area contributed by atoms with Gasteiger partial charge in [-0.05, 0) is 181 Å².